The Hall–Kier alpha value is -1.30. The van der Waals surface area contributed by atoms with Gasteiger partial charge in [0.25, 0.3) is 0 Å². The average Bonchev–Trinajstić information content (AvgIpc) is 2.67. The van der Waals surface area contributed by atoms with E-state index in [-0.39, 0.29) is 0 Å². The SMILES string of the molecule is N#CCCCCc1nc2c([nH]1)CCCC2. The first-order chi connectivity index (χ1) is 7.40. The van der Waals surface area contributed by atoms with Crippen LogP contribution in [-0.2, 0) is 19.3 Å². The zero-order chi connectivity index (χ0) is 10.5. The van der Waals surface area contributed by atoms with Crippen LogP contribution < -0.4 is 0 Å². The van der Waals surface area contributed by atoms with E-state index in [4.69, 9.17) is 5.26 Å². The van der Waals surface area contributed by atoms with E-state index in [2.05, 4.69) is 16.0 Å². The summed E-state index contributed by atoms with van der Waals surface area (Å²) in [4.78, 5) is 8.03. The van der Waals surface area contributed by atoms with Crippen molar-refractivity contribution in [3.63, 3.8) is 0 Å². The van der Waals surface area contributed by atoms with Gasteiger partial charge in [0.1, 0.15) is 5.82 Å². The normalized spacial score (nSPS) is 14.6. The number of aryl methyl sites for hydroxylation is 3. The Labute approximate surface area is 90.5 Å². The zero-order valence-corrected chi connectivity index (χ0v) is 9.05. The van der Waals surface area contributed by atoms with E-state index in [0.717, 1.165) is 31.5 Å². The summed E-state index contributed by atoms with van der Waals surface area (Å²) >= 11 is 0. The standard InChI is InChI=1S/C12H17N3/c13-9-5-1-2-8-12-14-10-6-3-4-7-11(10)15-12/h1-8H2,(H,14,15). The first-order valence-electron chi connectivity index (χ1n) is 5.84. The molecular weight excluding hydrogens is 186 g/mol. The number of nitrogens with zero attached hydrogens (tertiary/aromatic N) is 2. The van der Waals surface area contributed by atoms with Crippen LogP contribution in [0.4, 0.5) is 0 Å². The average molecular weight is 203 g/mol. The summed E-state index contributed by atoms with van der Waals surface area (Å²) < 4.78 is 0. The third-order valence-electron chi connectivity index (χ3n) is 2.96. The first-order valence-corrected chi connectivity index (χ1v) is 5.84. The van der Waals surface area contributed by atoms with E-state index in [1.165, 1.54) is 30.7 Å². The first kappa shape index (κ1) is 10.2. The van der Waals surface area contributed by atoms with E-state index in [1.807, 2.05) is 0 Å². The van der Waals surface area contributed by atoms with Gasteiger partial charge in [-0.25, -0.2) is 4.98 Å². The number of H-pyrrole nitrogens is 1. The predicted octanol–water partition coefficient (Wildman–Crippen LogP) is 2.52. The monoisotopic (exact) mass is 203 g/mol. The second-order valence-corrected chi connectivity index (χ2v) is 4.18. The summed E-state index contributed by atoms with van der Waals surface area (Å²) in [6.45, 7) is 0. The molecule has 1 aromatic heterocycles. The van der Waals surface area contributed by atoms with Gasteiger partial charge in [-0.1, -0.05) is 0 Å². The molecule has 0 radical (unpaired) electrons. The highest BCUT2D eigenvalue weighted by Gasteiger charge is 2.13. The minimum absolute atomic E-state index is 0.667. The quantitative estimate of drug-likeness (QED) is 0.764. The summed E-state index contributed by atoms with van der Waals surface area (Å²) in [6, 6.07) is 2.17. The highest BCUT2D eigenvalue weighted by molar-refractivity contribution is 5.17. The molecule has 0 saturated heterocycles. The fraction of sp³-hybridized carbons (Fsp3) is 0.667. The van der Waals surface area contributed by atoms with E-state index in [1.54, 1.807) is 0 Å². The van der Waals surface area contributed by atoms with Gasteiger partial charge in [-0.05, 0) is 38.5 Å². The van der Waals surface area contributed by atoms with Gasteiger partial charge in [0.05, 0.1) is 11.8 Å². The van der Waals surface area contributed by atoms with Crippen molar-refractivity contribution in [2.24, 2.45) is 0 Å². The Bertz CT molecular complexity index is 336. The topological polar surface area (TPSA) is 52.5 Å². The lowest BCUT2D eigenvalue weighted by atomic mass is 10.0. The van der Waals surface area contributed by atoms with Crippen LogP contribution in [0.25, 0.3) is 0 Å². The van der Waals surface area contributed by atoms with Crippen molar-refractivity contribution < 1.29 is 0 Å². The summed E-state index contributed by atoms with van der Waals surface area (Å²) in [7, 11) is 0. The fourth-order valence-corrected chi connectivity index (χ4v) is 2.13. The van der Waals surface area contributed by atoms with Gasteiger partial charge in [-0.2, -0.15) is 5.26 Å². The zero-order valence-electron chi connectivity index (χ0n) is 9.05. The second kappa shape index (κ2) is 4.97. The van der Waals surface area contributed by atoms with Gasteiger partial charge >= 0.3 is 0 Å². The van der Waals surface area contributed by atoms with Crippen LogP contribution in [0.2, 0.25) is 0 Å². The third-order valence-corrected chi connectivity index (χ3v) is 2.96. The molecule has 1 N–H and O–H groups in total. The van der Waals surface area contributed by atoms with Gasteiger partial charge in [-0.15, -0.1) is 0 Å². The van der Waals surface area contributed by atoms with Crippen molar-refractivity contribution in [3.8, 4) is 6.07 Å². The smallest absolute Gasteiger partial charge is 0.106 e. The largest absolute Gasteiger partial charge is 0.346 e. The number of imidazole rings is 1. The molecule has 1 heterocycles. The summed E-state index contributed by atoms with van der Waals surface area (Å²) in [6.07, 6.45) is 8.61. The molecule has 0 unspecified atom stereocenters. The summed E-state index contributed by atoms with van der Waals surface area (Å²) in [5.41, 5.74) is 2.65. The minimum Gasteiger partial charge on any atom is -0.346 e. The van der Waals surface area contributed by atoms with Crippen molar-refractivity contribution in [2.45, 2.75) is 51.4 Å². The summed E-state index contributed by atoms with van der Waals surface area (Å²) in [5, 5.41) is 8.42. The lowest BCUT2D eigenvalue weighted by Gasteiger charge is -2.07. The molecule has 3 heteroatoms. The Morgan fingerprint density at radius 2 is 2.13 bits per heavy atom. The molecule has 0 aliphatic heterocycles. The second-order valence-electron chi connectivity index (χ2n) is 4.18. The molecule has 0 fully saturated rings. The van der Waals surface area contributed by atoms with Gasteiger partial charge in [0.15, 0.2) is 0 Å². The van der Waals surface area contributed by atoms with Gasteiger partial charge < -0.3 is 4.98 Å². The lowest BCUT2D eigenvalue weighted by molar-refractivity contribution is 0.667. The van der Waals surface area contributed by atoms with E-state index < -0.39 is 0 Å². The molecule has 1 aliphatic rings. The van der Waals surface area contributed by atoms with Gasteiger partial charge in [0, 0.05) is 18.5 Å². The van der Waals surface area contributed by atoms with E-state index in [9.17, 15) is 0 Å². The van der Waals surface area contributed by atoms with Crippen LogP contribution in [0.5, 0.6) is 0 Å². The maximum Gasteiger partial charge on any atom is 0.106 e. The molecule has 0 atom stereocenters. The molecule has 1 aromatic rings. The Balaban J connectivity index is 1.87. The van der Waals surface area contributed by atoms with Gasteiger partial charge in [0.2, 0.25) is 0 Å². The molecule has 80 valence electrons. The highest BCUT2D eigenvalue weighted by atomic mass is 14.9. The molecule has 15 heavy (non-hydrogen) atoms. The van der Waals surface area contributed by atoms with Crippen LogP contribution >= 0.6 is 0 Å². The number of nitrogens with one attached hydrogen (secondary N) is 1. The van der Waals surface area contributed by atoms with Crippen LogP contribution in [0.15, 0.2) is 0 Å². The predicted molar refractivity (Wildman–Crippen MR) is 58.4 cm³/mol. The van der Waals surface area contributed by atoms with Crippen LogP contribution in [0.3, 0.4) is 0 Å². The molecule has 0 aromatic carbocycles. The van der Waals surface area contributed by atoms with Gasteiger partial charge in [-0.3, -0.25) is 0 Å². The number of hydrogen-bond acceptors (Lipinski definition) is 2. The molecule has 0 amide bonds. The molecule has 3 nitrogen and oxygen atoms in total. The number of aromatic amines is 1. The number of fused-ring (bicyclic) bond motifs is 1. The van der Waals surface area contributed by atoms with Crippen LogP contribution in [0, 0.1) is 11.3 Å². The molecule has 0 spiro atoms. The Morgan fingerprint density at radius 3 is 2.93 bits per heavy atom. The van der Waals surface area contributed by atoms with E-state index in [0.29, 0.717) is 6.42 Å². The van der Waals surface area contributed by atoms with Crippen LogP contribution in [-0.4, -0.2) is 9.97 Å². The molecule has 2 rings (SSSR count). The van der Waals surface area contributed by atoms with Crippen molar-refractivity contribution in [3.05, 3.63) is 17.2 Å². The molecule has 0 bridgehead atoms. The van der Waals surface area contributed by atoms with E-state index >= 15 is 0 Å². The minimum atomic E-state index is 0.667. The molecule has 0 saturated carbocycles. The Morgan fingerprint density at radius 1 is 1.27 bits per heavy atom. The lowest BCUT2D eigenvalue weighted by Crippen LogP contribution is -2.00. The number of rotatable bonds is 4. The molecular formula is C12H17N3. The van der Waals surface area contributed by atoms with Crippen LogP contribution in [0.1, 0.15) is 49.3 Å². The number of aromatic nitrogens is 2. The third kappa shape index (κ3) is 2.59. The van der Waals surface area contributed by atoms with Crippen molar-refractivity contribution in [1.29, 1.82) is 5.26 Å². The maximum atomic E-state index is 8.42. The maximum absolute atomic E-state index is 8.42. The highest BCUT2D eigenvalue weighted by Crippen LogP contribution is 2.19. The number of unbranched alkanes of at least 4 members (excludes halogenated alkanes) is 2. The Kier molecular flexibility index (Phi) is 3.39. The summed E-state index contributed by atoms with van der Waals surface area (Å²) in [5.74, 6) is 1.12. The van der Waals surface area contributed by atoms with Crippen molar-refractivity contribution >= 4 is 0 Å². The number of hydrogen-bond donors (Lipinski definition) is 1. The van der Waals surface area contributed by atoms with Crippen molar-refractivity contribution in [2.75, 3.05) is 0 Å². The number of nitriles is 1. The van der Waals surface area contributed by atoms with Crippen molar-refractivity contribution in [1.82, 2.24) is 9.97 Å². The fourth-order valence-electron chi connectivity index (χ4n) is 2.13. The molecule has 1 aliphatic carbocycles.